The first-order valence-electron chi connectivity index (χ1n) is 11.4. The standard InChI is InChI=1S/C22H42N4O3/c1-6-8-16(11-12-27)15-24-20(23-7-2)25-17-13-18-9-10-19(14-17)26(18)21(28)29-22(3,4)5/h16-19,27H,6-15H2,1-5H3,(H2,23,24,25). The monoisotopic (exact) mass is 410 g/mol. The van der Waals surface area contributed by atoms with Gasteiger partial charge in [-0.2, -0.15) is 0 Å². The number of nitrogens with zero attached hydrogens (tertiary/aromatic N) is 2. The van der Waals surface area contributed by atoms with Crippen molar-refractivity contribution in [3.8, 4) is 0 Å². The molecule has 7 nitrogen and oxygen atoms in total. The Labute approximate surface area is 176 Å². The predicted octanol–water partition coefficient (Wildman–Crippen LogP) is 3.27. The van der Waals surface area contributed by atoms with Crippen LogP contribution in [0.3, 0.4) is 0 Å². The van der Waals surface area contributed by atoms with Crippen LogP contribution >= 0.6 is 0 Å². The molecular weight excluding hydrogens is 368 g/mol. The van der Waals surface area contributed by atoms with Gasteiger partial charge < -0.3 is 25.4 Å². The van der Waals surface area contributed by atoms with E-state index in [9.17, 15) is 9.90 Å². The van der Waals surface area contributed by atoms with E-state index in [-0.39, 0.29) is 24.8 Å². The highest BCUT2D eigenvalue weighted by atomic mass is 16.6. The highest BCUT2D eigenvalue weighted by molar-refractivity contribution is 5.80. The normalized spacial score (nSPS) is 25.7. The fourth-order valence-electron chi connectivity index (χ4n) is 4.56. The van der Waals surface area contributed by atoms with E-state index in [4.69, 9.17) is 9.73 Å². The number of ether oxygens (including phenoxy) is 1. The van der Waals surface area contributed by atoms with Crippen LogP contribution in [0.1, 0.15) is 79.6 Å². The Bertz CT molecular complexity index is 527. The summed E-state index contributed by atoms with van der Waals surface area (Å²) in [5.74, 6) is 1.27. The smallest absolute Gasteiger partial charge is 0.410 e. The van der Waals surface area contributed by atoms with Crippen molar-refractivity contribution in [1.29, 1.82) is 0 Å². The number of hydrogen-bond donors (Lipinski definition) is 3. The fourth-order valence-corrected chi connectivity index (χ4v) is 4.56. The highest BCUT2D eigenvalue weighted by Gasteiger charge is 2.45. The Balaban J connectivity index is 1.95. The molecule has 0 aromatic carbocycles. The molecule has 0 aliphatic carbocycles. The number of aliphatic imine (C=N–C) groups is 1. The maximum atomic E-state index is 12.6. The lowest BCUT2D eigenvalue weighted by atomic mass is 9.98. The van der Waals surface area contributed by atoms with Crippen molar-refractivity contribution in [3.05, 3.63) is 0 Å². The van der Waals surface area contributed by atoms with E-state index in [0.717, 1.165) is 64.0 Å². The van der Waals surface area contributed by atoms with Gasteiger partial charge in [0.15, 0.2) is 5.96 Å². The summed E-state index contributed by atoms with van der Waals surface area (Å²) in [7, 11) is 0. The van der Waals surface area contributed by atoms with Crippen LogP contribution in [0.4, 0.5) is 4.79 Å². The Morgan fingerprint density at radius 2 is 1.86 bits per heavy atom. The van der Waals surface area contributed by atoms with Crippen LogP contribution in [-0.2, 0) is 4.74 Å². The molecule has 2 aliphatic rings. The second kappa shape index (κ2) is 11.0. The maximum Gasteiger partial charge on any atom is 0.410 e. The molecular formula is C22H42N4O3. The van der Waals surface area contributed by atoms with E-state index >= 15 is 0 Å². The molecule has 0 spiro atoms. The van der Waals surface area contributed by atoms with Gasteiger partial charge in [-0.25, -0.2) is 4.79 Å². The zero-order valence-electron chi connectivity index (χ0n) is 19.0. The molecule has 2 heterocycles. The van der Waals surface area contributed by atoms with Gasteiger partial charge in [-0.15, -0.1) is 0 Å². The molecule has 2 rings (SSSR count). The maximum absolute atomic E-state index is 12.6. The third-order valence-corrected chi connectivity index (χ3v) is 5.76. The molecule has 0 saturated carbocycles. The van der Waals surface area contributed by atoms with Crippen LogP contribution in [0, 0.1) is 5.92 Å². The predicted molar refractivity (Wildman–Crippen MR) is 117 cm³/mol. The first-order valence-corrected chi connectivity index (χ1v) is 11.4. The average Bonchev–Trinajstić information content (AvgIpc) is 2.90. The lowest BCUT2D eigenvalue weighted by Crippen LogP contribution is -2.55. The number of hydrogen-bond acceptors (Lipinski definition) is 4. The van der Waals surface area contributed by atoms with Crippen molar-refractivity contribution < 1.29 is 14.6 Å². The van der Waals surface area contributed by atoms with E-state index in [1.54, 1.807) is 0 Å². The first kappa shape index (κ1) is 23.8. The van der Waals surface area contributed by atoms with Gasteiger partial charge in [-0.3, -0.25) is 4.99 Å². The van der Waals surface area contributed by atoms with Crippen LogP contribution < -0.4 is 10.6 Å². The van der Waals surface area contributed by atoms with E-state index < -0.39 is 5.60 Å². The Morgan fingerprint density at radius 3 is 2.38 bits per heavy atom. The molecule has 3 atom stereocenters. The molecule has 29 heavy (non-hydrogen) atoms. The van der Waals surface area contributed by atoms with Gasteiger partial charge in [-0.05, 0) is 72.1 Å². The second-order valence-corrected chi connectivity index (χ2v) is 9.47. The summed E-state index contributed by atoms with van der Waals surface area (Å²) in [6.07, 6.45) is 6.77. The van der Waals surface area contributed by atoms with Gasteiger partial charge in [-0.1, -0.05) is 13.3 Å². The van der Waals surface area contributed by atoms with E-state index in [1.807, 2.05) is 25.7 Å². The number of carbonyl (C=O) groups excluding carboxylic acids is 1. The molecule has 2 fully saturated rings. The van der Waals surface area contributed by atoms with Gasteiger partial charge in [0.05, 0.1) is 0 Å². The molecule has 2 bridgehead atoms. The summed E-state index contributed by atoms with van der Waals surface area (Å²) in [4.78, 5) is 19.4. The number of aliphatic hydroxyl groups excluding tert-OH is 1. The molecule has 1 amide bonds. The number of nitrogens with one attached hydrogen (secondary N) is 2. The zero-order chi connectivity index (χ0) is 21.4. The lowest BCUT2D eigenvalue weighted by molar-refractivity contribution is 0.00545. The largest absolute Gasteiger partial charge is 0.444 e. The molecule has 0 radical (unpaired) electrons. The summed E-state index contributed by atoms with van der Waals surface area (Å²) in [6.45, 7) is 11.8. The van der Waals surface area contributed by atoms with Gasteiger partial charge in [0.2, 0.25) is 0 Å². The van der Waals surface area contributed by atoms with Gasteiger partial charge >= 0.3 is 6.09 Å². The average molecular weight is 411 g/mol. The third kappa shape index (κ3) is 7.36. The van der Waals surface area contributed by atoms with Crippen LogP contribution in [0.15, 0.2) is 4.99 Å². The summed E-state index contributed by atoms with van der Waals surface area (Å²) in [5, 5.41) is 16.2. The fraction of sp³-hybridized carbons (Fsp3) is 0.909. The van der Waals surface area contributed by atoms with Gasteiger partial charge in [0.1, 0.15) is 5.60 Å². The van der Waals surface area contributed by atoms with Gasteiger partial charge in [0, 0.05) is 37.8 Å². The first-order chi connectivity index (χ1) is 13.8. The second-order valence-electron chi connectivity index (χ2n) is 9.47. The minimum atomic E-state index is -0.458. The number of carbonyl (C=O) groups is 1. The number of amides is 1. The van der Waals surface area contributed by atoms with Crippen molar-refractivity contribution in [1.82, 2.24) is 15.5 Å². The number of fused-ring (bicyclic) bond motifs is 2. The molecule has 2 aliphatic heterocycles. The SMILES string of the molecule is CCCC(CCO)CN=C(NCC)NC1CC2CCC(C1)N2C(=O)OC(C)(C)C. The third-order valence-electron chi connectivity index (χ3n) is 5.76. The zero-order valence-corrected chi connectivity index (χ0v) is 19.0. The summed E-state index contributed by atoms with van der Waals surface area (Å²) < 4.78 is 5.63. The topological polar surface area (TPSA) is 86.2 Å². The van der Waals surface area contributed by atoms with Crippen LogP contribution in [0.25, 0.3) is 0 Å². The van der Waals surface area contributed by atoms with Crippen molar-refractivity contribution in [2.24, 2.45) is 10.9 Å². The molecule has 168 valence electrons. The van der Waals surface area contributed by atoms with Crippen LogP contribution in [0.2, 0.25) is 0 Å². The van der Waals surface area contributed by atoms with Crippen molar-refractivity contribution in [2.45, 2.75) is 103 Å². The summed E-state index contributed by atoms with van der Waals surface area (Å²) in [5.41, 5.74) is -0.458. The lowest BCUT2D eigenvalue weighted by Gasteiger charge is -2.40. The van der Waals surface area contributed by atoms with E-state index in [2.05, 4.69) is 24.5 Å². The van der Waals surface area contributed by atoms with Crippen molar-refractivity contribution in [2.75, 3.05) is 19.7 Å². The number of aliphatic hydroxyl groups is 1. The van der Waals surface area contributed by atoms with Crippen LogP contribution in [-0.4, -0.2) is 65.5 Å². The molecule has 0 aromatic rings. The highest BCUT2D eigenvalue weighted by Crippen LogP contribution is 2.36. The number of piperidine rings is 1. The molecule has 3 N–H and O–H groups in total. The van der Waals surface area contributed by atoms with Gasteiger partial charge in [0.25, 0.3) is 0 Å². The summed E-state index contributed by atoms with van der Waals surface area (Å²) in [6, 6.07) is 0.795. The van der Waals surface area contributed by atoms with E-state index in [0.29, 0.717) is 12.0 Å². The Hall–Kier alpha value is -1.50. The van der Waals surface area contributed by atoms with Crippen LogP contribution in [0.5, 0.6) is 0 Å². The minimum Gasteiger partial charge on any atom is -0.444 e. The minimum absolute atomic E-state index is 0.171. The molecule has 3 unspecified atom stereocenters. The van der Waals surface area contributed by atoms with E-state index in [1.165, 1.54) is 0 Å². The number of rotatable bonds is 8. The Kier molecular flexibility index (Phi) is 9.05. The number of guanidine groups is 1. The van der Waals surface area contributed by atoms with Crippen molar-refractivity contribution in [3.63, 3.8) is 0 Å². The summed E-state index contributed by atoms with van der Waals surface area (Å²) >= 11 is 0. The molecule has 2 saturated heterocycles. The Morgan fingerprint density at radius 1 is 1.21 bits per heavy atom. The van der Waals surface area contributed by atoms with Crippen molar-refractivity contribution >= 4 is 12.1 Å². The molecule has 7 heteroatoms. The molecule has 0 aromatic heterocycles. The quantitative estimate of drug-likeness (QED) is 0.422.